The molecule has 0 saturated heterocycles. The second-order valence-electron chi connectivity index (χ2n) is 10.8. The zero-order valence-corrected chi connectivity index (χ0v) is 23.8. The lowest BCUT2D eigenvalue weighted by Gasteiger charge is -2.41. The third-order valence-corrected chi connectivity index (χ3v) is 8.28. The van der Waals surface area contributed by atoms with E-state index in [-0.39, 0.29) is 0 Å². The predicted molar refractivity (Wildman–Crippen MR) is 175 cm³/mol. The van der Waals surface area contributed by atoms with E-state index in [1.54, 1.807) is 0 Å². The average Bonchev–Trinajstić information content (AvgIpc) is 3.11. The molecule has 0 spiro atoms. The van der Waals surface area contributed by atoms with Crippen molar-refractivity contribution in [3.8, 4) is 45.7 Å². The van der Waals surface area contributed by atoms with Gasteiger partial charge in [0.1, 0.15) is 11.5 Å². The van der Waals surface area contributed by atoms with Crippen molar-refractivity contribution in [2.45, 2.75) is 5.41 Å². The molecule has 0 radical (unpaired) electrons. The lowest BCUT2D eigenvalue weighted by atomic mass is 9.63. The second-order valence-corrected chi connectivity index (χ2v) is 10.8. The van der Waals surface area contributed by atoms with Crippen molar-refractivity contribution >= 4 is 0 Å². The van der Waals surface area contributed by atoms with Gasteiger partial charge in [-0.2, -0.15) is 0 Å². The highest BCUT2D eigenvalue weighted by molar-refractivity contribution is 5.71. The smallest absolute Gasteiger partial charge is 0.164 e. The van der Waals surface area contributed by atoms with Crippen LogP contribution in [0, 0.1) is 0 Å². The number of para-hydroxylation sites is 2. The van der Waals surface area contributed by atoms with Gasteiger partial charge in [-0.15, -0.1) is 0 Å². The van der Waals surface area contributed by atoms with Crippen LogP contribution in [0.5, 0.6) is 11.5 Å². The number of hydrogen-bond acceptors (Lipinski definition) is 4. The molecule has 44 heavy (non-hydrogen) atoms. The molecule has 0 saturated carbocycles. The summed E-state index contributed by atoms with van der Waals surface area (Å²) in [6.45, 7) is 0. The Bertz CT molecular complexity index is 1970. The summed E-state index contributed by atoms with van der Waals surface area (Å²) in [6.07, 6.45) is 0. The van der Waals surface area contributed by atoms with Crippen LogP contribution >= 0.6 is 0 Å². The average molecular weight is 566 g/mol. The molecule has 4 heteroatoms. The van der Waals surface area contributed by atoms with E-state index in [2.05, 4.69) is 91.0 Å². The summed E-state index contributed by atoms with van der Waals surface area (Å²) < 4.78 is 6.45. The first-order chi connectivity index (χ1) is 21.8. The molecule has 8 rings (SSSR count). The Labute approximate surface area is 256 Å². The molecular formula is C40H27N3O. The van der Waals surface area contributed by atoms with E-state index in [1.165, 1.54) is 5.56 Å². The molecular weight excluding hydrogens is 538 g/mol. The van der Waals surface area contributed by atoms with Crippen LogP contribution in [-0.2, 0) is 5.41 Å². The maximum Gasteiger partial charge on any atom is 0.164 e. The number of aromatic nitrogens is 3. The van der Waals surface area contributed by atoms with Gasteiger partial charge >= 0.3 is 0 Å². The summed E-state index contributed by atoms with van der Waals surface area (Å²) in [6, 6.07) is 56.1. The Hall–Kier alpha value is -5.87. The number of rotatable bonds is 5. The summed E-state index contributed by atoms with van der Waals surface area (Å²) in [5, 5.41) is 0. The third kappa shape index (κ3) is 4.27. The lowest BCUT2D eigenvalue weighted by molar-refractivity contribution is 0.434. The van der Waals surface area contributed by atoms with Crippen molar-refractivity contribution in [2.75, 3.05) is 0 Å². The van der Waals surface area contributed by atoms with Crippen LogP contribution in [0.25, 0.3) is 34.2 Å². The quantitative estimate of drug-likeness (QED) is 0.209. The van der Waals surface area contributed by atoms with E-state index >= 15 is 0 Å². The molecule has 0 amide bonds. The molecule has 1 aromatic heterocycles. The summed E-state index contributed by atoms with van der Waals surface area (Å²) in [4.78, 5) is 14.7. The highest BCUT2D eigenvalue weighted by Gasteiger charge is 2.45. The van der Waals surface area contributed by atoms with E-state index < -0.39 is 5.41 Å². The Morgan fingerprint density at radius 1 is 0.341 bits per heavy atom. The highest BCUT2D eigenvalue weighted by atomic mass is 16.5. The normalized spacial score (nSPS) is 12.9. The molecule has 0 unspecified atom stereocenters. The Morgan fingerprint density at radius 3 is 1.18 bits per heavy atom. The molecule has 0 aliphatic carbocycles. The van der Waals surface area contributed by atoms with E-state index in [0.717, 1.165) is 44.9 Å². The van der Waals surface area contributed by atoms with Crippen LogP contribution < -0.4 is 4.74 Å². The fourth-order valence-electron chi connectivity index (χ4n) is 6.28. The molecule has 2 heterocycles. The number of ether oxygens (including phenoxy) is 1. The maximum absolute atomic E-state index is 6.45. The van der Waals surface area contributed by atoms with Gasteiger partial charge in [-0.1, -0.05) is 152 Å². The minimum Gasteiger partial charge on any atom is -0.457 e. The first-order valence-electron chi connectivity index (χ1n) is 14.7. The zero-order valence-electron chi connectivity index (χ0n) is 23.8. The minimum atomic E-state index is -0.575. The summed E-state index contributed by atoms with van der Waals surface area (Å²) >= 11 is 0. The van der Waals surface area contributed by atoms with E-state index in [1.807, 2.05) is 72.8 Å². The van der Waals surface area contributed by atoms with Gasteiger partial charge in [0.25, 0.3) is 0 Å². The molecule has 1 aliphatic rings. The molecule has 6 aromatic carbocycles. The van der Waals surface area contributed by atoms with E-state index in [9.17, 15) is 0 Å². The minimum absolute atomic E-state index is 0.575. The van der Waals surface area contributed by atoms with Gasteiger partial charge in [-0.25, -0.2) is 15.0 Å². The van der Waals surface area contributed by atoms with Crippen molar-refractivity contribution in [1.29, 1.82) is 0 Å². The summed E-state index contributed by atoms with van der Waals surface area (Å²) in [5.74, 6) is 3.64. The summed E-state index contributed by atoms with van der Waals surface area (Å²) in [7, 11) is 0. The second kappa shape index (κ2) is 10.8. The van der Waals surface area contributed by atoms with Crippen molar-refractivity contribution in [3.63, 3.8) is 0 Å². The van der Waals surface area contributed by atoms with Crippen LogP contribution in [-0.4, -0.2) is 15.0 Å². The number of fused-ring (bicyclic) bond motifs is 2. The molecule has 0 atom stereocenters. The van der Waals surface area contributed by atoms with Gasteiger partial charge in [0, 0.05) is 27.8 Å². The standard InChI is InChI=1S/C40H27N3O/c1-4-14-28(15-5-1)37-41-38(29-16-6-2-7-17-29)43-39(42-37)30-24-26-32(27-25-30)40(31-18-8-3-9-19-31)33-20-10-12-22-35(33)44-36-23-13-11-21-34(36)40/h1-27H. The Morgan fingerprint density at radius 2 is 0.705 bits per heavy atom. The first-order valence-corrected chi connectivity index (χ1v) is 14.7. The van der Waals surface area contributed by atoms with Crippen LogP contribution in [0.1, 0.15) is 22.3 Å². The highest BCUT2D eigenvalue weighted by Crippen LogP contribution is 2.55. The fraction of sp³-hybridized carbons (Fsp3) is 0.0250. The monoisotopic (exact) mass is 565 g/mol. The van der Waals surface area contributed by atoms with Gasteiger partial charge in [0.2, 0.25) is 0 Å². The molecule has 0 N–H and O–H groups in total. The largest absolute Gasteiger partial charge is 0.457 e. The lowest BCUT2D eigenvalue weighted by Crippen LogP contribution is -2.34. The summed E-state index contributed by atoms with van der Waals surface area (Å²) in [5.41, 5.74) is 6.76. The third-order valence-electron chi connectivity index (χ3n) is 8.28. The molecule has 7 aromatic rings. The molecule has 208 valence electrons. The topological polar surface area (TPSA) is 47.9 Å². The first kappa shape index (κ1) is 25.8. The van der Waals surface area contributed by atoms with Gasteiger partial charge in [-0.3, -0.25) is 0 Å². The van der Waals surface area contributed by atoms with Crippen LogP contribution in [0.4, 0.5) is 0 Å². The zero-order chi connectivity index (χ0) is 29.3. The van der Waals surface area contributed by atoms with Crippen LogP contribution in [0.2, 0.25) is 0 Å². The Kier molecular flexibility index (Phi) is 6.31. The fourth-order valence-corrected chi connectivity index (χ4v) is 6.28. The van der Waals surface area contributed by atoms with Gasteiger partial charge in [-0.05, 0) is 23.3 Å². The van der Waals surface area contributed by atoms with Gasteiger partial charge in [0.15, 0.2) is 17.5 Å². The molecule has 0 fully saturated rings. The molecule has 1 aliphatic heterocycles. The van der Waals surface area contributed by atoms with Crippen LogP contribution in [0.15, 0.2) is 164 Å². The number of benzene rings is 6. The SMILES string of the molecule is c1ccc(-c2nc(-c3ccccc3)nc(-c3ccc(C4(c5ccccc5)c5ccccc5Oc5ccccc54)cc3)n2)cc1. The molecule has 0 bridgehead atoms. The van der Waals surface area contributed by atoms with Crippen molar-refractivity contribution in [2.24, 2.45) is 0 Å². The van der Waals surface area contributed by atoms with E-state index in [4.69, 9.17) is 19.7 Å². The maximum atomic E-state index is 6.45. The van der Waals surface area contributed by atoms with Crippen LogP contribution in [0.3, 0.4) is 0 Å². The van der Waals surface area contributed by atoms with Crippen molar-refractivity contribution < 1.29 is 4.74 Å². The van der Waals surface area contributed by atoms with Crippen molar-refractivity contribution in [3.05, 3.63) is 186 Å². The molecule has 4 nitrogen and oxygen atoms in total. The number of hydrogen-bond donors (Lipinski definition) is 0. The number of nitrogens with zero attached hydrogens (tertiary/aromatic N) is 3. The van der Waals surface area contributed by atoms with Gasteiger partial charge < -0.3 is 4.74 Å². The van der Waals surface area contributed by atoms with Gasteiger partial charge in [0.05, 0.1) is 5.41 Å². The predicted octanol–water partition coefficient (Wildman–Crippen LogP) is 9.36. The van der Waals surface area contributed by atoms with E-state index in [0.29, 0.717) is 17.5 Å². The Balaban J connectivity index is 1.32. The van der Waals surface area contributed by atoms with Crippen molar-refractivity contribution in [1.82, 2.24) is 15.0 Å².